The standard InChI is InChI=1S/C32H32ClFN6O4/c33-27-19-25(7-9-29(27)44-20-22-3-1-4-23(34)17-22)39-32-26-18-24(6-8-28(26)36-21-37-32)38-31(42)10-11-35-30(41)5-2-12-40-13-15-43-16-14-40/h1-9,17-19,21H,10-16,20H2,(H,35,41)(H,38,42)(H,36,37,39)/b5-2+. The predicted octanol–water partition coefficient (Wildman–Crippen LogP) is 5.08. The molecular weight excluding hydrogens is 587 g/mol. The van der Waals surface area contributed by atoms with Gasteiger partial charge >= 0.3 is 0 Å². The largest absolute Gasteiger partial charge is 0.487 e. The van der Waals surface area contributed by atoms with E-state index in [1.807, 2.05) is 6.08 Å². The summed E-state index contributed by atoms with van der Waals surface area (Å²) in [6, 6.07) is 16.7. The van der Waals surface area contributed by atoms with Gasteiger partial charge in [-0.15, -0.1) is 0 Å². The number of anilines is 3. The minimum absolute atomic E-state index is 0.115. The van der Waals surface area contributed by atoms with Crippen molar-refractivity contribution in [1.82, 2.24) is 20.2 Å². The number of carbonyl (C=O) groups excluding carboxylic acids is 2. The summed E-state index contributed by atoms with van der Waals surface area (Å²) in [6.07, 6.45) is 4.86. The summed E-state index contributed by atoms with van der Waals surface area (Å²) in [6.45, 7) is 4.18. The number of aromatic nitrogens is 2. The topological polar surface area (TPSA) is 118 Å². The predicted molar refractivity (Wildman–Crippen MR) is 168 cm³/mol. The van der Waals surface area contributed by atoms with Gasteiger partial charge in [0.1, 0.15) is 30.3 Å². The first-order valence-electron chi connectivity index (χ1n) is 14.2. The van der Waals surface area contributed by atoms with E-state index >= 15 is 0 Å². The third kappa shape index (κ3) is 8.96. The van der Waals surface area contributed by atoms with Crippen LogP contribution in [-0.2, 0) is 20.9 Å². The van der Waals surface area contributed by atoms with Gasteiger partial charge in [-0.1, -0.05) is 29.8 Å². The van der Waals surface area contributed by atoms with Gasteiger partial charge in [0, 0.05) is 55.4 Å². The summed E-state index contributed by atoms with van der Waals surface area (Å²) in [5, 5.41) is 9.90. The van der Waals surface area contributed by atoms with E-state index in [1.54, 1.807) is 48.5 Å². The molecule has 0 radical (unpaired) electrons. The summed E-state index contributed by atoms with van der Waals surface area (Å²) >= 11 is 6.46. The van der Waals surface area contributed by atoms with E-state index in [-0.39, 0.29) is 37.2 Å². The average Bonchev–Trinajstić information content (AvgIpc) is 3.01. The summed E-state index contributed by atoms with van der Waals surface area (Å²) in [5.41, 5.74) is 2.60. The minimum Gasteiger partial charge on any atom is -0.487 e. The van der Waals surface area contributed by atoms with Gasteiger partial charge in [0.25, 0.3) is 0 Å². The number of nitrogens with one attached hydrogen (secondary N) is 3. The van der Waals surface area contributed by atoms with Crippen LogP contribution in [0.3, 0.4) is 0 Å². The zero-order valence-electron chi connectivity index (χ0n) is 23.9. The molecule has 0 aliphatic carbocycles. The maximum absolute atomic E-state index is 13.4. The Labute approximate surface area is 259 Å². The van der Waals surface area contributed by atoms with Gasteiger partial charge in [-0.25, -0.2) is 14.4 Å². The zero-order valence-corrected chi connectivity index (χ0v) is 24.6. The monoisotopic (exact) mass is 618 g/mol. The Morgan fingerprint density at radius 1 is 1.05 bits per heavy atom. The number of carbonyl (C=O) groups is 2. The van der Waals surface area contributed by atoms with Crippen molar-refractivity contribution in [3.63, 3.8) is 0 Å². The number of fused-ring (bicyclic) bond motifs is 1. The van der Waals surface area contributed by atoms with Crippen LogP contribution in [0.5, 0.6) is 5.75 Å². The molecule has 0 atom stereocenters. The van der Waals surface area contributed by atoms with Crippen molar-refractivity contribution in [3.8, 4) is 5.75 Å². The minimum atomic E-state index is -0.330. The highest BCUT2D eigenvalue weighted by Gasteiger charge is 2.11. The fourth-order valence-electron chi connectivity index (χ4n) is 4.53. The first-order chi connectivity index (χ1) is 21.4. The maximum Gasteiger partial charge on any atom is 0.243 e. The number of amides is 2. The van der Waals surface area contributed by atoms with E-state index in [1.165, 1.54) is 24.5 Å². The van der Waals surface area contributed by atoms with Gasteiger partial charge in [0.15, 0.2) is 0 Å². The molecule has 3 N–H and O–H groups in total. The van der Waals surface area contributed by atoms with E-state index in [0.29, 0.717) is 64.2 Å². The molecule has 10 nitrogen and oxygen atoms in total. The molecule has 0 unspecified atom stereocenters. The average molecular weight is 619 g/mol. The van der Waals surface area contributed by atoms with Gasteiger partial charge in [0.2, 0.25) is 11.8 Å². The zero-order chi connectivity index (χ0) is 30.7. The van der Waals surface area contributed by atoms with Gasteiger partial charge in [0.05, 0.1) is 23.8 Å². The van der Waals surface area contributed by atoms with Crippen LogP contribution in [0.25, 0.3) is 10.9 Å². The molecule has 1 aliphatic heterocycles. The lowest BCUT2D eigenvalue weighted by molar-refractivity contribution is -0.117. The van der Waals surface area contributed by atoms with Crippen molar-refractivity contribution in [2.45, 2.75) is 13.0 Å². The number of hydrogen-bond donors (Lipinski definition) is 3. The van der Waals surface area contributed by atoms with Crippen molar-refractivity contribution in [3.05, 3.63) is 95.5 Å². The Morgan fingerprint density at radius 2 is 1.89 bits per heavy atom. The molecule has 1 fully saturated rings. The smallest absolute Gasteiger partial charge is 0.243 e. The van der Waals surface area contributed by atoms with Crippen molar-refractivity contribution >= 4 is 51.5 Å². The summed E-state index contributed by atoms with van der Waals surface area (Å²) < 4.78 is 24.5. The summed E-state index contributed by atoms with van der Waals surface area (Å²) in [4.78, 5) is 35.5. The third-order valence-electron chi connectivity index (χ3n) is 6.78. The lowest BCUT2D eigenvalue weighted by Gasteiger charge is -2.24. The van der Waals surface area contributed by atoms with E-state index in [0.717, 1.165) is 13.1 Å². The third-order valence-corrected chi connectivity index (χ3v) is 7.08. The summed E-state index contributed by atoms with van der Waals surface area (Å²) in [5.74, 6) is 0.166. The second-order valence-corrected chi connectivity index (χ2v) is 10.5. The Balaban J connectivity index is 1.14. The number of morpholine rings is 1. The van der Waals surface area contributed by atoms with E-state index in [2.05, 4.69) is 30.8 Å². The van der Waals surface area contributed by atoms with Gasteiger partial charge in [-0.2, -0.15) is 0 Å². The van der Waals surface area contributed by atoms with Crippen LogP contribution in [0.2, 0.25) is 5.02 Å². The highest BCUT2D eigenvalue weighted by atomic mass is 35.5. The molecule has 2 heterocycles. The molecule has 0 spiro atoms. The fraction of sp³-hybridized carbons (Fsp3) is 0.250. The van der Waals surface area contributed by atoms with Crippen LogP contribution in [0.15, 0.2) is 79.1 Å². The highest BCUT2D eigenvalue weighted by molar-refractivity contribution is 6.32. The lowest BCUT2D eigenvalue weighted by Crippen LogP contribution is -2.36. The number of benzene rings is 3. The molecule has 0 saturated carbocycles. The van der Waals surface area contributed by atoms with Gasteiger partial charge in [-0.05, 0) is 54.1 Å². The first-order valence-corrected chi connectivity index (χ1v) is 14.5. The molecule has 1 aliphatic rings. The van der Waals surface area contributed by atoms with E-state index < -0.39 is 0 Å². The number of ether oxygens (including phenoxy) is 2. The molecule has 12 heteroatoms. The van der Waals surface area contributed by atoms with Crippen molar-refractivity contribution < 1.29 is 23.5 Å². The number of rotatable bonds is 12. The number of hydrogen-bond acceptors (Lipinski definition) is 8. The van der Waals surface area contributed by atoms with Crippen LogP contribution in [0.4, 0.5) is 21.6 Å². The molecule has 4 aromatic rings. The molecule has 0 bridgehead atoms. The van der Waals surface area contributed by atoms with Gasteiger partial charge < -0.3 is 25.4 Å². The fourth-order valence-corrected chi connectivity index (χ4v) is 4.76. The SMILES string of the molecule is O=C(/C=C/CN1CCOCC1)NCCC(=O)Nc1ccc2ncnc(Nc3ccc(OCc4cccc(F)c4)c(Cl)c3)c2c1. The highest BCUT2D eigenvalue weighted by Crippen LogP contribution is 2.31. The van der Waals surface area contributed by atoms with Crippen LogP contribution in [0.1, 0.15) is 12.0 Å². The normalized spacial score (nSPS) is 13.6. The van der Waals surface area contributed by atoms with Crippen LogP contribution in [-0.4, -0.2) is 66.1 Å². The molecule has 228 valence electrons. The van der Waals surface area contributed by atoms with Crippen molar-refractivity contribution in [2.75, 3.05) is 50.0 Å². The Kier molecular flexibility index (Phi) is 10.7. The van der Waals surface area contributed by atoms with E-state index in [9.17, 15) is 14.0 Å². The van der Waals surface area contributed by atoms with Crippen LogP contribution < -0.4 is 20.7 Å². The Bertz CT molecular complexity index is 1650. The number of nitrogens with zero attached hydrogens (tertiary/aromatic N) is 3. The second kappa shape index (κ2) is 15.2. The number of halogens is 2. The van der Waals surface area contributed by atoms with Crippen molar-refractivity contribution in [2.24, 2.45) is 0 Å². The summed E-state index contributed by atoms with van der Waals surface area (Å²) in [7, 11) is 0. The molecular formula is C32H32ClFN6O4. The Hall–Kier alpha value is -4.58. The van der Waals surface area contributed by atoms with E-state index in [4.69, 9.17) is 21.1 Å². The first kappa shape index (κ1) is 30.9. The van der Waals surface area contributed by atoms with Crippen LogP contribution in [0, 0.1) is 5.82 Å². The molecule has 1 aromatic heterocycles. The lowest BCUT2D eigenvalue weighted by atomic mass is 10.2. The van der Waals surface area contributed by atoms with Crippen LogP contribution >= 0.6 is 11.6 Å². The second-order valence-electron chi connectivity index (χ2n) is 10.0. The van der Waals surface area contributed by atoms with Crippen molar-refractivity contribution in [1.29, 1.82) is 0 Å². The quantitative estimate of drug-likeness (QED) is 0.188. The molecule has 1 saturated heterocycles. The molecule has 2 amide bonds. The maximum atomic E-state index is 13.4. The molecule has 3 aromatic carbocycles. The molecule has 44 heavy (non-hydrogen) atoms. The Morgan fingerprint density at radius 3 is 2.70 bits per heavy atom. The van der Waals surface area contributed by atoms with Gasteiger partial charge in [-0.3, -0.25) is 14.5 Å². The molecule has 5 rings (SSSR count).